The van der Waals surface area contributed by atoms with Crippen molar-refractivity contribution in [2.75, 3.05) is 0 Å². The lowest BCUT2D eigenvalue weighted by Crippen LogP contribution is -2.08. The van der Waals surface area contributed by atoms with E-state index >= 15 is 0 Å². The van der Waals surface area contributed by atoms with Crippen molar-refractivity contribution in [3.8, 4) is 0 Å². The fourth-order valence-electron chi connectivity index (χ4n) is 1.46. The van der Waals surface area contributed by atoms with E-state index in [2.05, 4.69) is 48.5 Å². The van der Waals surface area contributed by atoms with Gasteiger partial charge in [-0.05, 0) is 42.4 Å². The second-order valence-corrected chi connectivity index (χ2v) is 6.07. The number of hydrogen-bond donors (Lipinski definition) is 0. The highest BCUT2D eigenvalue weighted by atomic mass is 14.4. The Morgan fingerprint density at radius 3 is 1.21 bits per heavy atom. The molecule has 0 spiro atoms. The Bertz CT molecular complexity index is 136. The topological polar surface area (TPSA) is 0 Å². The normalized spacial score (nSPS) is 16.3. The van der Waals surface area contributed by atoms with Crippen LogP contribution < -0.4 is 0 Å². The van der Waals surface area contributed by atoms with E-state index in [4.69, 9.17) is 0 Å². The Balaban J connectivity index is -0.000000224. The molecule has 0 amide bonds. The van der Waals surface area contributed by atoms with Gasteiger partial charge in [-0.25, -0.2) is 0 Å². The van der Waals surface area contributed by atoms with Gasteiger partial charge in [0, 0.05) is 0 Å². The van der Waals surface area contributed by atoms with Crippen molar-refractivity contribution < 1.29 is 0 Å². The van der Waals surface area contributed by atoms with Crippen LogP contribution in [-0.2, 0) is 0 Å². The van der Waals surface area contributed by atoms with Crippen molar-refractivity contribution in [2.45, 2.75) is 95.4 Å². The smallest absolute Gasteiger partial charge is 0.0386 e. The minimum Gasteiger partial charge on any atom is -0.0683 e. The largest absolute Gasteiger partial charge is 0.0683 e. The highest BCUT2D eigenvalue weighted by molar-refractivity contribution is 4.80. The van der Waals surface area contributed by atoms with E-state index < -0.39 is 0 Å². The van der Waals surface area contributed by atoms with E-state index in [0.29, 0.717) is 0 Å². The molecule has 0 aromatic rings. The molecule has 0 saturated heterocycles. The SMILES string of the molecule is CC.CC.CC(C)C(C)C.CCC(C)C(C)C1CC1. The van der Waals surface area contributed by atoms with Crippen LogP contribution in [0.3, 0.4) is 0 Å². The maximum atomic E-state index is 2.41. The second-order valence-electron chi connectivity index (χ2n) is 6.07. The summed E-state index contributed by atoms with van der Waals surface area (Å²) < 4.78 is 0. The highest BCUT2D eigenvalue weighted by Crippen LogP contribution is 2.40. The summed E-state index contributed by atoms with van der Waals surface area (Å²) in [6.45, 7) is 24.0. The van der Waals surface area contributed by atoms with Crippen LogP contribution in [0.1, 0.15) is 95.4 Å². The molecule has 0 N–H and O–H groups in total. The molecular weight excluding hydrogens is 228 g/mol. The van der Waals surface area contributed by atoms with Crippen LogP contribution >= 0.6 is 0 Å². The fourth-order valence-corrected chi connectivity index (χ4v) is 1.46. The molecule has 0 radical (unpaired) electrons. The Kier molecular flexibility index (Phi) is 20.3. The molecule has 1 aliphatic carbocycles. The molecule has 0 bridgehead atoms. The summed E-state index contributed by atoms with van der Waals surface area (Å²) in [5, 5.41) is 0. The molecule has 2 unspecified atom stereocenters. The zero-order valence-electron chi connectivity index (χ0n) is 16.0. The fraction of sp³-hybridized carbons (Fsp3) is 1.00. The maximum absolute atomic E-state index is 2.41. The van der Waals surface area contributed by atoms with Crippen LogP contribution in [0.25, 0.3) is 0 Å². The molecule has 0 aromatic heterocycles. The van der Waals surface area contributed by atoms with Crippen LogP contribution in [0.4, 0.5) is 0 Å². The number of hydrogen-bond acceptors (Lipinski definition) is 0. The van der Waals surface area contributed by atoms with Crippen LogP contribution in [0.2, 0.25) is 0 Å². The first-order chi connectivity index (χ1) is 8.90. The summed E-state index contributed by atoms with van der Waals surface area (Å²) in [5.74, 6) is 4.75. The molecule has 0 aromatic carbocycles. The van der Waals surface area contributed by atoms with E-state index in [-0.39, 0.29) is 0 Å². The molecular formula is C19H44. The van der Waals surface area contributed by atoms with Gasteiger partial charge in [-0.1, -0.05) is 82.6 Å². The Morgan fingerprint density at radius 2 is 1.05 bits per heavy atom. The molecule has 0 nitrogen and oxygen atoms in total. The Labute approximate surface area is 125 Å². The van der Waals surface area contributed by atoms with Gasteiger partial charge < -0.3 is 0 Å². The van der Waals surface area contributed by atoms with Gasteiger partial charge in [0.1, 0.15) is 0 Å². The molecule has 2 atom stereocenters. The first-order valence-corrected chi connectivity index (χ1v) is 8.90. The average molecular weight is 273 g/mol. The Hall–Kier alpha value is 0. The molecule has 0 heteroatoms. The predicted octanol–water partition coefficient (Wildman–Crippen LogP) is 7.43. The molecule has 120 valence electrons. The van der Waals surface area contributed by atoms with Crippen molar-refractivity contribution in [1.82, 2.24) is 0 Å². The average Bonchev–Trinajstić information content (AvgIpc) is 3.26. The lowest BCUT2D eigenvalue weighted by molar-refractivity contribution is 0.337. The monoisotopic (exact) mass is 272 g/mol. The lowest BCUT2D eigenvalue weighted by atomic mass is 9.90. The lowest BCUT2D eigenvalue weighted by Gasteiger charge is -2.16. The third-order valence-electron chi connectivity index (χ3n) is 4.24. The van der Waals surface area contributed by atoms with Crippen LogP contribution in [-0.4, -0.2) is 0 Å². The van der Waals surface area contributed by atoms with E-state index in [1.807, 2.05) is 27.7 Å². The minimum atomic E-state index is 0.852. The van der Waals surface area contributed by atoms with Crippen molar-refractivity contribution >= 4 is 0 Å². The summed E-state index contributed by atoms with van der Waals surface area (Å²) in [4.78, 5) is 0. The summed E-state index contributed by atoms with van der Waals surface area (Å²) in [5.41, 5.74) is 0. The second kappa shape index (κ2) is 16.1. The summed E-state index contributed by atoms with van der Waals surface area (Å²) >= 11 is 0. The third kappa shape index (κ3) is 15.9. The van der Waals surface area contributed by atoms with Gasteiger partial charge in [-0.2, -0.15) is 0 Å². The Morgan fingerprint density at radius 1 is 0.737 bits per heavy atom. The minimum absolute atomic E-state index is 0.852. The molecule has 1 saturated carbocycles. The predicted molar refractivity (Wildman–Crippen MR) is 93.7 cm³/mol. The van der Waals surface area contributed by atoms with Gasteiger partial charge in [0.15, 0.2) is 0 Å². The summed E-state index contributed by atoms with van der Waals surface area (Å²) in [6, 6.07) is 0. The molecule has 1 rings (SSSR count). The van der Waals surface area contributed by atoms with E-state index in [0.717, 1.165) is 29.6 Å². The van der Waals surface area contributed by atoms with Crippen molar-refractivity contribution in [2.24, 2.45) is 29.6 Å². The zero-order valence-corrected chi connectivity index (χ0v) is 16.0. The standard InChI is InChI=1S/C9H18.C6H14.2C2H6/c1-4-7(2)8(3)9-5-6-9;1-5(2)6(3)4;2*1-2/h7-9H,4-6H2,1-3H3;5-6H,1-4H3;2*1-2H3. The molecule has 19 heavy (non-hydrogen) atoms. The van der Waals surface area contributed by atoms with Crippen molar-refractivity contribution in [3.63, 3.8) is 0 Å². The molecule has 1 aliphatic rings. The third-order valence-corrected chi connectivity index (χ3v) is 4.24. The first kappa shape index (κ1) is 24.0. The quantitative estimate of drug-likeness (QED) is 0.499. The van der Waals surface area contributed by atoms with E-state index in [9.17, 15) is 0 Å². The van der Waals surface area contributed by atoms with Crippen LogP contribution in [0.5, 0.6) is 0 Å². The molecule has 0 aliphatic heterocycles. The summed E-state index contributed by atoms with van der Waals surface area (Å²) in [6.07, 6.45) is 4.37. The van der Waals surface area contributed by atoms with Gasteiger partial charge in [0.25, 0.3) is 0 Å². The zero-order chi connectivity index (χ0) is 16.0. The van der Waals surface area contributed by atoms with Crippen LogP contribution in [0, 0.1) is 29.6 Å². The van der Waals surface area contributed by atoms with E-state index in [1.54, 1.807) is 0 Å². The molecule has 0 heterocycles. The van der Waals surface area contributed by atoms with Gasteiger partial charge in [0.05, 0.1) is 0 Å². The van der Waals surface area contributed by atoms with Gasteiger partial charge >= 0.3 is 0 Å². The highest BCUT2D eigenvalue weighted by Gasteiger charge is 2.30. The first-order valence-electron chi connectivity index (χ1n) is 8.90. The molecule has 1 fully saturated rings. The maximum Gasteiger partial charge on any atom is -0.0386 e. The van der Waals surface area contributed by atoms with Gasteiger partial charge in [0.2, 0.25) is 0 Å². The van der Waals surface area contributed by atoms with Gasteiger partial charge in [-0.15, -0.1) is 0 Å². The van der Waals surface area contributed by atoms with E-state index in [1.165, 1.54) is 19.3 Å². The van der Waals surface area contributed by atoms with Crippen molar-refractivity contribution in [3.05, 3.63) is 0 Å². The van der Waals surface area contributed by atoms with Crippen molar-refractivity contribution in [1.29, 1.82) is 0 Å². The number of rotatable bonds is 4. The van der Waals surface area contributed by atoms with Gasteiger partial charge in [-0.3, -0.25) is 0 Å². The summed E-state index contributed by atoms with van der Waals surface area (Å²) in [7, 11) is 0. The van der Waals surface area contributed by atoms with Crippen LogP contribution in [0.15, 0.2) is 0 Å².